The van der Waals surface area contributed by atoms with Crippen molar-refractivity contribution in [1.29, 1.82) is 0 Å². The molecule has 2 aromatic carbocycles. The van der Waals surface area contributed by atoms with E-state index in [1.54, 1.807) is 11.7 Å². The van der Waals surface area contributed by atoms with Crippen molar-refractivity contribution < 1.29 is 4.74 Å². The molecule has 0 amide bonds. The lowest BCUT2D eigenvalue weighted by Crippen LogP contribution is -2.26. The zero-order valence-corrected chi connectivity index (χ0v) is 15.5. The van der Waals surface area contributed by atoms with Crippen LogP contribution in [-0.2, 0) is 7.05 Å². The molecule has 3 aromatic rings. The van der Waals surface area contributed by atoms with E-state index in [0.717, 1.165) is 28.8 Å². The minimum atomic E-state index is -0.0318. The van der Waals surface area contributed by atoms with E-state index in [9.17, 15) is 4.79 Å². The lowest BCUT2D eigenvalue weighted by molar-refractivity contribution is 0.414. The third-order valence-corrected chi connectivity index (χ3v) is 4.97. The minimum absolute atomic E-state index is 0.0292. The SMILES string of the molecule is CCC(c1ccc(OC)cc1)c1nc2cc(C)c(C)cc2n(C)c1=O. The largest absolute Gasteiger partial charge is 0.497 e. The Morgan fingerprint density at radius 3 is 2.36 bits per heavy atom. The standard InChI is InChI=1S/C21H24N2O2/c1-6-17(15-7-9-16(25-5)10-8-15)20-21(24)23(4)19-12-14(3)13(2)11-18(19)22-20/h7-12,17H,6H2,1-5H3. The molecule has 130 valence electrons. The zero-order valence-electron chi connectivity index (χ0n) is 15.5. The molecule has 0 fully saturated rings. The molecule has 4 nitrogen and oxygen atoms in total. The van der Waals surface area contributed by atoms with Gasteiger partial charge in [-0.15, -0.1) is 0 Å². The smallest absolute Gasteiger partial charge is 0.273 e. The summed E-state index contributed by atoms with van der Waals surface area (Å²) >= 11 is 0. The summed E-state index contributed by atoms with van der Waals surface area (Å²) in [4.78, 5) is 17.7. The molecule has 25 heavy (non-hydrogen) atoms. The van der Waals surface area contributed by atoms with Crippen LogP contribution in [0.5, 0.6) is 5.75 Å². The highest BCUT2D eigenvalue weighted by atomic mass is 16.5. The third-order valence-electron chi connectivity index (χ3n) is 4.97. The van der Waals surface area contributed by atoms with Gasteiger partial charge in [0.05, 0.1) is 18.1 Å². The van der Waals surface area contributed by atoms with Gasteiger partial charge >= 0.3 is 0 Å². The first-order chi connectivity index (χ1) is 12.0. The van der Waals surface area contributed by atoms with Gasteiger partial charge < -0.3 is 9.30 Å². The summed E-state index contributed by atoms with van der Waals surface area (Å²) in [5, 5.41) is 0. The van der Waals surface area contributed by atoms with Gasteiger partial charge in [-0.2, -0.15) is 0 Å². The molecule has 0 bridgehead atoms. The first-order valence-electron chi connectivity index (χ1n) is 8.58. The summed E-state index contributed by atoms with van der Waals surface area (Å²) in [5.74, 6) is 0.777. The van der Waals surface area contributed by atoms with Crippen LogP contribution >= 0.6 is 0 Å². The number of fused-ring (bicyclic) bond motifs is 1. The van der Waals surface area contributed by atoms with Crippen LogP contribution in [0.3, 0.4) is 0 Å². The van der Waals surface area contributed by atoms with Crippen LogP contribution in [0.25, 0.3) is 11.0 Å². The molecule has 1 heterocycles. The molecule has 0 saturated heterocycles. The second-order valence-corrected chi connectivity index (χ2v) is 6.52. The molecule has 4 heteroatoms. The van der Waals surface area contributed by atoms with E-state index in [0.29, 0.717) is 5.69 Å². The maximum absolute atomic E-state index is 13.0. The Morgan fingerprint density at radius 2 is 1.76 bits per heavy atom. The van der Waals surface area contributed by atoms with Crippen LogP contribution in [0.15, 0.2) is 41.2 Å². The fourth-order valence-corrected chi connectivity index (χ4v) is 3.25. The van der Waals surface area contributed by atoms with Gasteiger partial charge in [0, 0.05) is 13.0 Å². The van der Waals surface area contributed by atoms with Gasteiger partial charge in [0.25, 0.3) is 5.56 Å². The first kappa shape index (κ1) is 17.2. The summed E-state index contributed by atoms with van der Waals surface area (Å²) in [6.45, 7) is 6.21. The zero-order chi connectivity index (χ0) is 18.1. The number of ether oxygens (including phenoxy) is 1. The third kappa shape index (κ3) is 3.04. The average molecular weight is 336 g/mol. The fraction of sp³-hybridized carbons (Fsp3) is 0.333. The Kier molecular flexibility index (Phi) is 4.62. The molecular weight excluding hydrogens is 312 g/mol. The lowest BCUT2D eigenvalue weighted by atomic mass is 9.93. The summed E-state index contributed by atoms with van der Waals surface area (Å²) in [5.41, 5.74) is 5.75. The summed E-state index contributed by atoms with van der Waals surface area (Å²) in [7, 11) is 3.47. The number of nitrogens with zero attached hydrogens (tertiary/aromatic N) is 2. The van der Waals surface area contributed by atoms with E-state index >= 15 is 0 Å². The van der Waals surface area contributed by atoms with Crippen molar-refractivity contribution >= 4 is 11.0 Å². The van der Waals surface area contributed by atoms with E-state index in [2.05, 4.69) is 26.8 Å². The van der Waals surface area contributed by atoms with Crippen LogP contribution in [0.2, 0.25) is 0 Å². The van der Waals surface area contributed by atoms with Crippen LogP contribution in [0.1, 0.15) is 41.6 Å². The number of methoxy groups -OCH3 is 1. The Labute approximate surface area is 148 Å². The monoisotopic (exact) mass is 336 g/mol. The van der Waals surface area contributed by atoms with Crippen LogP contribution in [-0.4, -0.2) is 16.7 Å². The molecule has 0 aliphatic heterocycles. The second-order valence-electron chi connectivity index (χ2n) is 6.52. The molecule has 0 spiro atoms. The Balaban J connectivity index is 2.19. The summed E-state index contributed by atoms with van der Waals surface area (Å²) in [6, 6.07) is 12.0. The Hall–Kier alpha value is -2.62. The molecule has 0 aliphatic carbocycles. The molecule has 0 radical (unpaired) electrons. The predicted molar refractivity (Wildman–Crippen MR) is 102 cm³/mol. The molecule has 1 aromatic heterocycles. The van der Waals surface area contributed by atoms with Gasteiger partial charge in [-0.1, -0.05) is 19.1 Å². The van der Waals surface area contributed by atoms with Crippen molar-refractivity contribution in [3.8, 4) is 5.75 Å². The first-order valence-corrected chi connectivity index (χ1v) is 8.58. The summed E-state index contributed by atoms with van der Waals surface area (Å²) in [6.07, 6.45) is 0.810. The van der Waals surface area contributed by atoms with Crippen molar-refractivity contribution in [3.63, 3.8) is 0 Å². The number of hydrogen-bond donors (Lipinski definition) is 0. The van der Waals surface area contributed by atoms with Crippen molar-refractivity contribution in [2.75, 3.05) is 7.11 Å². The number of benzene rings is 2. The topological polar surface area (TPSA) is 44.1 Å². The molecule has 0 saturated carbocycles. The van der Waals surface area contributed by atoms with E-state index in [1.165, 1.54) is 11.1 Å². The van der Waals surface area contributed by atoms with Crippen LogP contribution in [0, 0.1) is 13.8 Å². The molecule has 1 atom stereocenters. The highest BCUT2D eigenvalue weighted by Gasteiger charge is 2.20. The van der Waals surface area contributed by atoms with E-state index in [1.807, 2.05) is 37.4 Å². The lowest BCUT2D eigenvalue weighted by Gasteiger charge is -2.17. The number of rotatable bonds is 4. The van der Waals surface area contributed by atoms with Gasteiger partial charge in [0.1, 0.15) is 11.4 Å². The van der Waals surface area contributed by atoms with Gasteiger partial charge in [-0.3, -0.25) is 4.79 Å². The van der Waals surface area contributed by atoms with Crippen molar-refractivity contribution in [2.45, 2.75) is 33.1 Å². The average Bonchev–Trinajstić information content (AvgIpc) is 2.62. The van der Waals surface area contributed by atoms with Crippen molar-refractivity contribution in [2.24, 2.45) is 7.05 Å². The Morgan fingerprint density at radius 1 is 1.12 bits per heavy atom. The van der Waals surface area contributed by atoms with E-state index < -0.39 is 0 Å². The van der Waals surface area contributed by atoms with Gasteiger partial charge in [0.15, 0.2) is 0 Å². The van der Waals surface area contributed by atoms with Gasteiger partial charge in [0.2, 0.25) is 0 Å². The quantitative estimate of drug-likeness (QED) is 0.720. The van der Waals surface area contributed by atoms with Gasteiger partial charge in [-0.05, 0) is 61.2 Å². The molecular formula is C21H24N2O2. The maximum Gasteiger partial charge on any atom is 0.273 e. The minimum Gasteiger partial charge on any atom is -0.497 e. The number of hydrogen-bond acceptors (Lipinski definition) is 3. The highest BCUT2D eigenvalue weighted by molar-refractivity contribution is 5.77. The molecule has 3 rings (SSSR count). The number of aryl methyl sites for hydroxylation is 3. The maximum atomic E-state index is 13.0. The summed E-state index contributed by atoms with van der Waals surface area (Å²) < 4.78 is 6.95. The van der Waals surface area contributed by atoms with Crippen LogP contribution in [0.4, 0.5) is 0 Å². The van der Waals surface area contributed by atoms with Crippen molar-refractivity contribution in [1.82, 2.24) is 9.55 Å². The van der Waals surface area contributed by atoms with Crippen molar-refractivity contribution in [3.05, 3.63) is 69.1 Å². The second kappa shape index (κ2) is 6.71. The fourth-order valence-electron chi connectivity index (χ4n) is 3.25. The number of aromatic nitrogens is 2. The normalized spacial score (nSPS) is 12.4. The molecule has 0 N–H and O–H groups in total. The van der Waals surface area contributed by atoms with E-state index in [4.69, 9.17) is 9.72 Å². The molecule has 1 unspecified atom stereocenters. The molecule has 0 aliphatic rings. The Bertz CT molecular complexity index is 972. The van der Waals surface area contributed by atoms with Gasteiger partial charge in [-0.25, -0.2) is 4.98 Å². The van der Waals surface area contributed by atoms with Crippen LogP contribution < -0.4 is 10.3 Å². The van der Waals surface area contributed by atoms with E-state index in [-0.39, 0.29) is 11.5 Å². The predicted octanol–water partition coefficient (Wildman–Crippen LogP) is 4.10. The highest BCUT2D eigenvalue weighted by Crippen LogP contribution is 2.27.